The number of pyridine rings is 1. The van der Waals surface area contributed by atoms with E-state index < -0.39 is 18.0 Å². The molecule has 154 valence electrons. The Morgan fingerprint density at radius 2 is 2.00 bits per heavy atom. The highest BCUT2D eigenvalue weighted by Crippen LogP contribution is 2.34. The van der Waals surface area contributed by atoms with Gasteiger partial charge in [0, 0.05) is 24.9 Å². The fourth-order valence-electron chi connectivity index (χ4n) is 3.83. The summed E-state index contributed by atoms with van der Waals surface area (Å²) in [6.07, 6.45) is 6.29. The highest BCUT2D eigenvalue weighted by molar-refractivity contribution is 6.01. The van der Waals surface area contributed by atoms with Crippen LogP contribution in [-0.4, -0.2) is 51.7 Å². The molecule has 1 amide bonds. The van der Waals surface area contributed by atoms with Gasteiger partial charge in [-0.25, -0.2) is 9.97 Å². The van der Waals surface area contributed by atoms with Gasteiger partial charge in [-0.05, 0) is 51.7 Å². The summed E-state index contributed by atoms with van der Waals surface area (Å²) in [6, 6.07) is 3.35. The number of aromatic nitrogens is 3. The number of fused-ring (bicyclic) bond motifs is 1. The Bertz CT molecular complexity index is 970. The number of nitrogens with zero attached hydrogens (tertiary/aromatic N) is 4. The van der Waals surface area contributed by atoms with E-state index >= 15 is 0 Å². The molecule has 0 bridgehead atoms. The van der Waals surface area contributed by atoms with Crippen molar-refractivity contribution in [2.45, 2.75) is 57.3 Å². The number of anilines is 2. The van der Waals surface area contributed by atoms with E-state index in [2.05, 4.69) is 20.3 Å². The number of nitrogens with one attached hydrogen (secondary N) is 1. The number of methoxy groups -OCH3 is 1. The average molecular weight is 399 g/mol. The van der Waals surface area contributed by atoms with Crippen LogP contribution in [0.3, 0.4) is 0 Å². The van der Waals surface area contributed by atoms with Gasteiger partial charge in [-0.1, -0.05) is 0 Å². The smallest absolute Gasteiger partial charge is 0.247 e. The summed E-state index contributed by atoms with van der Waals surface area (Å²) >= 11 is 0. The van der Waals surface area contributed by atoms with E-state index in [1.54, 1.807) is 39.3 Å². The second-order valence-corrected chi connectivity index (χ2v) is 8.01. The van der Waals surface area contributed by atoms with E-state index in [9.17, 15) is 9.90 Å². The van der Waals surface area contributed by atoms with Gasteiger partial charge in [0.15, 0.2) is 11.6 Å². The van der Waals surface area contributed by atoms with Crippen molar-refractivity contribution >= 4 is 17.5 Å². The van der Waals surface area contributed by atoms with Crippen LogP contribution in [-0.2, 0) is 15.1 Å². The Balaban J connectivity index is 1.70. The van der Waals surface area contributed by atoms with Crippen molar-refractivity contribution in [2.24, 2.45) is 0 Å². The highest BCUT2D eigenvalue weighted by Gasteiger charge is 2.35. The predicted molar refractivity (Wildman–Crippen MR) is 110 cm³/mol. The molecule has 1 aliphatic heterocycles. The van der Waals surface area contributed by atoms with E-state index in [-0.39, 0.29) is 18.0 Å². The standard InChI is InChI=1S/C21H27N5O3/c1-21(2,28)17-9-4-13(10-22-17)16-11-23-19-20(25-16)26(18(27)12-24-19)14-5-7-15(29-3)8-6-14/h4,9-11,14-15,28H,5-8,12H2,1-3H3,(H,23,24)/t14-,15-/i12D2. The lowest BCUT2D eigenvalue weighted by Gasteiger charge is -2.38. The van der Waals surface area contributed by atoms with Crippen LogP contribution in [0.5, 0.6) is 0 Å². The summed E-state index contributed by atoms with van der Waals surface area (Å²) in [5, 5.41) is 12.7. The van der Waals surface area contributed by atoms with Gasteiger partial charge in [-0.2, -0.15) is 0 Å². The van der Waals surface area contributed by atoms with Crippen LogP contribution in [0.25, 0.3) is 11.3 Å². The quantitative estimate of drug-likeness (QED) is 0.814. The molecule has 2 aromatic rings. The first-order chi connectivity index (χ1) is 14.6. The number of carbonyl (C=O) groups is 1. The molecule has 2 N–H and O–H groups in total. The number of hydrogen-bond acceptors (Lipinski definition) is 7. The number of ether oxygens (including phenoxy) is 1. The predicted octanol–water partition coefficient (Wildman–Crippen LogP) is 2.48. The zero-order valence-corrected chi connectivity index (χ0v) is 16.8. The summed E-state index contributed by atoms with van der Waals surface area (Å²) < 4.78 is 21.7. The molecule has 1 saturated carbocycles. The van der Waals surface area contributed by atoms with E-state index in [0.29, 0.717) is 35.6 Å². The third kappa shape index (κ3) is 3.95. The Hall–Kier alpha value is -2.58. The van der Waals surface area contributed by atoms with Crippen molar-refractivity contribution in [1.82, 2.24) is 15.0 Å². The lowest BCUT2D eigenvalue weighted by Crippen LogP contribution is -2.49. The van der Waals surface area contributed by atoms with Crippen LogP contribution >= 0.6 is 0 Å². The fraction of sp³-hybridized carbons (Fsp3) is 0.524. The maximum atomic E-state index is 13.0. The first-order valence-electron chi connectivity index (χ1n) is 10.8. The summed E-state index contributed by atoms with van der Waals surface area (Å²) in [7, 11) is 1.68. The van der Waals surface area contributed by atoms with E-state index in [4.69, 9.17) is 7.48 Å². The van der Waals surface area contributed by atoms with Gasteiger partial charge in [-0.15, -0.1) is 0 Å². The molecule has 0 aromatic carbocycles. The monoisotopic (exact) mass is 399 g/mol. The Morgan fingerprint density at radius 1 is 1.24 bits per heavy atom. The lowest BCUT2D eigenvalue weighted by molar-refractivity contribution is -0.118. The normalized spacial score (nSPS) is 25.0. The second-order valence-electron chi connectivity index (χ2n) is 8.01. The van der Waals surface area contributed by atoms with Crippen LogP contribution in [0.2, 0.25) is 0 Å². The molecule has 29 heavy (non-hydrogen) atoms. The molecule has 8 nitrogen and oxygen atoms in total. The molecule has 0 spiro atoms. The Morgan fingerprint density at radius 3 is 2.62 bits per heavy atom. The van der Waals surface area contributed by atoms with Gasteiger partial charge >= 0.3 is 0 Å². The zero-order valence-electron chi connectivity index (χ0n) is 18.8. The molecule has 4 rings (SSSR count). The van der Waals surface area contributed by atoms with Gasteiger partial charge < -0.3 is 15.2 Å². The van der Waals surface area contributed by atoms with Gasteiger partial charge in [0.05, 0.1) is 32.9 Å². The van der Waals surface area contributed by atoms with Crippen molar-refractivity contribution in [1.29, 1.82) is 0 Å². The van der Waals surface area contributed by atoms with Gasteiger partial charge in [0.2, 0.25) is 5.91 Å². The van der Waals surface area contributed by atoms with Gasteiger partial charge in [0.1, 0.15) is 5.60 Å². The van der Waals surface area contributed by atoms with Crippen LogP contribution in [0.15, 0.2) is 24.5 Å². The Kier molecular flexibility index (Phi) is 4.58. The molecule has 8 heteroatoms. The first kappa shape index (κ1) is 17.3. The third-order valence-corrected chi connectivity index (χ3v) is 5.52. The summed E-state index contributed by atoms with van der Waals surface area (Å²) in [5.74, 6) is -0.101. The summed E-state index contributed by atoms with van der Waals surface area (Å²) in [6.45, 7) is 1.07. The highest BCUT2D eigenvalue weighted by atomic mass is 16.5. The second kappa shape index (κ2) is 7.68. The molecule has 2 aliphatic rings. The molecule has 1 fully saturated rings. The average Bonchev–Trinajstić information content (AvgIpc) is 2.74. The number of amides is 1. The fourth-order valence-corrected chi connectivity index (χ4v) is 3.83. The number of hydrogen-bond donors (Lipinski definition) is 2. The maximum absolute atomic E-state index is 13.0. The van der Waals surface area contributed by atoms with E-state index in [1.807, 2.05) is 0 Å². The van der Waals surface area contributed by atoms with Crippen LogP contribution < -0.4 is 10.2 Å². The number of rotatable bonds is 4. The lowest BCUT2D eigenvalue weighted by atomic mass is 9.91. The van der Waals surface area contributed by atoms with Crippen LogP contribution in [0, 0.1) is 0 Å². The first-order valence-corrected chi connectivity index (χ1v) is 9.81. The topological polar surface area (TPSA) is 100 Å². The van der Waals surface area contributed by atoms with Crippen molar-refractivity contribution in [2.75, 3.05) is 23.8 Å². The minimum absolute atomic E-state index is 0.156. The van der Waals surface area contributed by atoms with Crippen molar-refractivity contribution in [3.63, 3.8) is 0 Å². The Labute approximate surface area is 173 Å². The minimum Gasteiger partial charge on any atom is -0.384 e. The molecule has 0 radical (unpaired) electrons. The molecule has 1 aliphatic carbocycles. The maximum Gasteiger partial charge on any atom is 0.247 e. The molecule has 2 aromatic heterocycles. The van der Waals surface area contributed by atoms with Crippen molar-refractivity contribution in [3.8, 4) is 11.3 Å². The number of carbonyl (C=O) groups excluding carboxylic acids is 1. The van der Waals surface area contributed by atoms with E-state index in [1.165, 1.54) is 11.1 Å². The SMILES string of the molecule is [2H]C1([2H])Nc2ncc(-c3ccc(C(C)(C)O)nc3)nc2N([C@H]2CC[C@H](OC)CC2)C1=O. The van der Waals surface area contributed by atoms with Crippen molar-refractivity contribution < 1.29 is 17.4 Å². The van der Waals surface area contributed by atoms with E-state index in [0.717, 1.165) is 12.8 Å². The third-order valence-electron chi connectivity index (χ3n) is 5.52. The van der Waals surface area contributed by atoms with Gasteiger partial charge in [-0.3, -0.25) is 14.7 Å². The molecule has 3 heterocycles. The molecular formula is C21H27N5O3. The number of aliphatic hydroxyl groups is 1. The van der Waals surface area contributed by atoms with Crippen molar-refractivity contribution in [3.05, 3.63) is 30.2 Å². The van der Waals surface area contributed by atoms with Gasteiger partial charge in [0.25, 0.3) is 0 Å². The van der Waals surface area contributed by atoms with Crippen LogP contribution in [0.1, 0.15) is 48.0 Å². The molecular weight excluding hydrogens is 370 g/mol. The molecule has 0 saturated heterocycles. The molecule has 0 atom stereocenters. The largest absolute Gasteiger partial charge is 0.384 e. The zero-order chi connectivity index (χ0) is 22.4. The summed E-state index contributed by atoms with van der Waals surface area (Å²) in [4.78, 5) is 27.8. The summed E-state index contributed by atoms with van der Waals surface area (Å²) in [5.41, 5.74) is 0.678. The molecule has 0 unspecified atom stereocenters. The van der Waals surface area contributed by atoms with Crippen LogP contribution in [0.4, 0.5) is 11.6 Å². The minimum atomic E-state index is -2.25.